The van der Waals surface area contributed by atoms with Crippen LogP contribution in [0.15, 0.2) is 24.9 Å². The monoisotopic (exact) mass is 448 g/mol. The number of sulfonamides is 1. The van der Waals surface area contributed by atoms with Crippen LogP contribution in [0.25, 0.3) is 5.57 Å². The molecule has 0 saturated heterocycles. The summed E-state index contributed by atoms with van der Waals surface area (Å²) in [6, 6.07) is -0.120. The molecule has 1 aromatic heterocycles. The Labute approximate surface area is 148 Å². The average Bonchev–Trinajstić information content (AvgIpc) is 3.02. The quantitative estimate of drug-likeness (QED) is 0.690. The van der Waals surface area contributed by atoms with Gasteiger partial charge in [0.25, 0.3) is 0 Å². The third kappa shape index (κ3) is 3.16. The van der Waals surface area contributed by atoms with Gasteiger partial charge in [-0.3, -0.25) is 4.72 Å². The predicted octanol–water partition coefficient (Wildman–Crippen LogP) is 1.99. The smallest absolute Gasteiger partial charge is 0.234 e. The summed E-state index contributed by atoms with van der Waals surface area (Å²) in [5.41, 5.74) is 3.89. The Balaban J connectivity index is 1.89. The summed E-state index contributed by atoms with van der Waals surface area (Å²) < 4.78 is 32.1. The number of nitrogens with zero attached hydrogens (tertiary/aromatic N) is 2. The molecule has 0 radical (unpaired) electrons. The molecule has 2 aliphatic rings. The normalized spacial score (nSPS) is 20.8. The largest absolute Gasteiger partial charge is 0.361 e. The summed E-state index contributed by atoms with van der Waals surface area (Å²) in [5.74, 6) is 1.08. The Kier molecular flexibility index (Phi) is 4.25. The van der Waals surface area contributed by atoms with Gasteiger partial charge in [0.1, 0.15) is 5.76 Å². The maximum Gasteiger partial charge on any atom is 0.234 e. The van der Waals surface area contributed by atoms with Crippen molar-refractivity contribution in [1.29, 1.82) is 0 Å². The number of rotatable bonds is 3. The lowest BCUT2D eigenvalue weighted by atomic mass is 9.92. The fourth-order valence-corrected chi connectivity index (χ4v) is 4.13. The molecule has 9 heteroatoms. The van der Waals surface area contributed by atoms with Gasteiger partial charge in [-0.1, -0.05) is 5.16 Å². The first-order valence-electron chi connectivity index (χ1n) is 7.19. The van der Waals surface area contributed by atoms with Crippen LogP contribution in [0.2, 0.25) is 0 Å². The molecule has 0 spiro atoms. The minimum atomic E-state index is -3.34. The number of hydrogen-bond donors (Lipinski definition) is 2. The Morgan fingerprint density at radius 3 is 2.83 bits per heavy atom. The van der Waals surface area contributed by atoms with Crippen molar-refractivity contribution in [2.75, 3.05) is 5.75 Å². The standard InChI is InChI=1S/C14H17IN4O3S/c1-4-23(20,21)19-14-16-11-6-9(5-10(15)13(11)17-14)12-7(2)18-22-8(12)3/h5,11H,4,6H2,1-3H3,(H2,16,17,19). The molecule has 0 fully saturated rings. The molecule has 7 nitrogen and oxygen atoms in total. The lowest BCUT2D eigenvalue weighted by Gasteiger charge is -2.19. The van der Waals surface area contributed by atoms with Crippen LogP contribution >= 0.6 is 22.6 Å². The first-order chi connectivity index (χ1) is 10.8. The number of hydrogen-bond acceptors (Lipinski definition) is 6. The van der Waals surface area contributed by atoms with Gasteiger partial charge in [-0.2, -0.15) is 0 Å². The molecular formula is C14H17IN4O3S. The van der Waals surface area contributed by atoms with E-state index in [4.69, 9.17) is 4.52 Å². The first kappa shape index (κ1) is 16.5. The highest BCUT2D eigenvalue weighted by Gasteiger charge is 2.32. The molecule has 3 rings (SSSR count). The molecule has 0 aromatic carbocycles. The van der Waals surface area contributed by atoms with Crippen LogP contribution in [0.4, 0.5) is 0 Å². The summed E-state index contributed by atoms with van der Waals surface area (Å²) in [6.45, 7) is 5.39. The van der Waals surface area contributed by atoms with Gasteiger partial charge >= 0.3 is 0 Å². The molecule has 1 aliphatic carbocycles. The van der Waals surface area contributed by atoms with E-state index in [0.29, 0.717) is 6.42 Å². The SMILES string of the molecule is CCS(=O)(=O)NC1=NC2CC(c3c(C)noc3C)=CC(I)=C2N1. The lowest BCUT2D eigenvalue weighted by molar-refractivity contribution is 0.393. The van der Waals surface area contributed by atoms with Gasteiger partial charge < -0.3 is 9.84 Å². The van der Waals surface area contributed by atoms with E-state index in [1.807, 2.05) is 13.8 Å². The minimum absolute atomic E-state index is 0.0110. The number of fused-ring (bicyclic) bond motifs is 1. The van der Waals surface area contributed by atoms with E-state index >= 15 is 0 Å². The van der Waals surface area contributed by atoms with Gasteiger partial charge in [0, 0.05) is 15.6 Å². The lowest BCUT2D eigenvalue weighted by Crippen LogP contribution is -2.38. The summed E-state index contributed by atoms with van der Waals surface area (Å²) in [6.07, 6.45) is 2.74. The van der Waals surface area contributed by atoms with E-state index < -0.39 is 10.0 Å². The maximum atomic E-state index is 11.7. The highest BCUT2D eigenvalue weighted by molar-refractivity contribution is 14.1. The summed E-state index contributed by atoms with van der Waals surface area (Å²) in [4.78, 5) is 4.47. The van der Waals surface area contributed by atoms with Crippen LogP contribution in [0.1, 0.15) is 30.4 Å². The fraction of sp³-hybridized carbons (Fsp3) is 0.429. The summed E-state index contributed by atoms with van der Waals surface area (Å²) >= 11 is 2.23. The second-order valence-electron chi connectivity index (χ2n) is 5.46. The van der Waals surface area contributed by atoms with Crippen molar-refractivity contribution < 1.29 is 12.9 Å². The van der Waals surface area contributed by atoms with E-state index in [9.17, 15) is 8.42 Å². The molecule has 1 unspecified atom stereocenters. The predicted molar refractivity (Wildman–Crippen MR) is 96.6 cm³/mol. The third-order valence-corrected chi connectivity index (χ3v) is 5.99. The van der Waals surface area contributed by atoms with Gasteiger partial charge in [0.2, 0.25) is 16.0 Å². The molecule has 0 amide bonds. The summed E-state index contributed by atoms with van der Waals surface area (Å²) in [7, 11) is -3.34. The number of guanidine groups is 1. The van der Waals surface area contributed by atoms with Crippen molar-refractivity contribution in [2.45, 2.75) is 33.2 Å². The number of allylic oxidation sites excluding steroid dienone is 2. The van der Waals surface area contributed by atoms with Crippen molar-refractivity contribution in [2.24, 2.45) is 4.99 Å². The van der Waals surface area contributed by atoms with Crippen LogP contribution in [0.3, 0.4) is 0 Å². The molecule has 0 bridgehead atoms. The van der Waals surface area contributed by atoms with Gasteiger partial charge in [0.05, 0.1) is 23.2 Å². The van der Waals surface area contributed by atoms with Crippen molar-refractivity contribution in [1.82, 2.24) is 15.2 Å². The zero-order valence-electron chi connectivity index (χ0n) is 13.0. The van der Waals surface area contributed by atoms with Crippen LogP contribution in [0.5, 0.6) is 0 Å². The zero-order chi connectivity index (χ0) is 16.8. The number of halogens is 1. The van der Waals surface area contributed by atoms with Crippen LogP contribution in [-0.4, -0.2) is 31.3 Å². The Hall–Kier alpha value is -1.36. The molecular weight excluding hydrogens is 431 g/mol. The Morgan fingerprint density at radius 1 is 1.48 bits per heavy atom. The highest BCUT2D eigenvalue weighted by Crippen LogP contribution is 2.37. The van der Waals surface area contributed by atoms with Gasteiger partial charge in [-0.05, 0) is 55.0 Å². The van der Waals surface area contributed by atoms with Crippen LogP contribution < -0.4 is 10.0 Å². The van der Waals surface area contributed by atoms with E-state index in [2.05, 4.69) is 48.9 Å². The number of aliphatic imine (C=N–C) groups is 1. The average molecular weight is 448 g/mol. The second-order valence-corrected chi connectivity index (χ2v) is 8.63. The molecule has 1 aliphatic heterocycles. The highest BCUT2D eigenvalue weighted by atomic mass is 127. The van der Waals surface area contributed by atoms with Crippen molar-refractivity contribution in [3.05, 3.63) is 32.4 Å². The maximum absolute atomic E-state index is 11.7. The van der Waals surface area contributed by atoms with Crippen molar-refractivity contribution >= 4 is 44.1 Å². The Morgan fingerprint density at radius 2 is 2.22 bits per heavy atom. The van der Waals surface area contributed by atoms with Gasteiger partial charge in [-0.15, -0.1) is 0 Å². The summed E-state index contributed by atoms with van der Waals surface area (Å²) in [5, 5.41) is 7.08. The second kappa shape index (κ2) is 5.93. The Bertz CT molecular complexity index is 832. The third-order valence-electron chi connectivity index (χ3n) is 3.83. The van der Waals surface area contributed by atoms with Crippen LogP contribution in [0, 0.1) is 13.8 Å². The van der Waals surface area contributed by atoms with Crippen molar-refractivity contribution in [3.63, 3.8) is 0 Å². The molecule has 1 aromatic rings. The number of nitrogens with one attached hydrogen (secondary N) is 2. The van der Waals surface area contributed by atoms with E-state index in [0.717, 1.165) is 31.9 Å². The molecule has 2 N–H and O–H groups in total. The molecule has 0 saturated carbocycles. The fourth-order valence-electron chi connectivity index (χ4n) is 2.72. The first-order valence-corrected chi connectivity index (χ1v) is 9.92. The molecule has 124 valence electrons. The van der Waals surface area contributed by atoms with Crippen molar-refractivity contribution in [3.8, 4) is 0 Å². The molecule has 2 heterocycles. The van der Waals surface area contributed by atoms with Crippen LogP contribution in [-0.2, 0) is 10.0 Å². The van der Waals surface area contributed by atoms with Gasteiger partial charge in [-0.25, -0.2) is 13.4 Å². The number of aromatic nitrogens is 1. The topological polar surface area (TPSA) is 96.6 Å². The number of aryl methyl sites for hydroxylation is 2. The molecule has 1 atom stereocenters. The molecule has 23 heavy (non-hydrogen) atoms. The minimum Gasteiger partial charge on any atom is -0.361 e. The van der Waals surface area contributed by atoms with E-state index in [1.54, 1.807) is 6.92 Å². The van der Waals surface area contributed by atoms with Gasteiger partial charge in [0.15, 0.2) is 0 Å². The zero-order valence-corrected chi connectivity index (χ0v) is 15.9. The van der Waals surface area contributed by atoms with E-state index in [1.165, 1.54) is 0 Å². The van der Waals surface area contributed by atoms with E-state index in [-0.39, 0.29) is 17.8 Å².